The summed E-state index contributed by atoms with van der Waals surface area (Å²) in [5.74, 6) is 0.480. The largest absolute Gasteiger partial charge is 0.261 e. The van der Waals surface area contributed by atoms with Gasteiger partial charge in [0, 0.05) is 25.5 Å². The molecule has 1 N–H and O–H groups in total. The molecule has 132 valence electrons. The molecule has 0 aromatic carbocycles. The van der Waals surface area contributed by atoms with Crippen LogP contribution in [0.3, 0.4) is 0 Å². The maximum Gasteiger partial charge on any atom is 0.244 e. The highest BCUT2D eigenvalue weighted by molar-refractivity contribution is 7.89. The minimum absolute atomic E-state index is 0.213. The van der Waals surface area contributed by atoms with Crippen LogP contribution >= 0.6 is 0 Å². The van der Waals surface area contributed by atoms with E-state index in [4.69, 9.17) is 0 Å². The van der Waals surface area contributed by atoms with Crippen molar-refractivity contribution in [3.63, 3.8) is 0 Å². The zero-order valence-electron chi connectivity index (χ0n) is 14.1. The average Bonchev–Trinajstić information content (AvgIpc) is 2.68. The molecule has 7 nitrogen and oxygen atoms in total. The van der Waals surface area contributed by atoms with E-state index in [1.54, 1.807) is 18.3 Å². The second kappa shape index (κ2) is 7.71. The number of nitrogens with one attached hydrogen (secondary N) is 1. The van der Waals surface area contributed by atoms with Crippen LogP contribution in [-0.4, -0.2) is 41.5 Å². The minimum Gasteiger partial charge on any atom is -0.261 e. The summed E-state index contributed by atoms with van der Waals surface area (Å²) in [5, 5.41) is 4.23. The fourth-order valence-corrected chi connectivity index (χ4v) is 4.09. The van der Waals surface area contributed by atoms with Crippen molar-refractivity contribution in [2.45, 2.75) is 31.1 Å². The minimum atomic E-state index is -3.46. The third-order valence-corrected chi connectivity index (χ3v) is 5.95. The molecule has 0 atom stereocenters. The molecule has 1 saturated heterocycles. The lowest BCUT2D eigenvalue weighted by Gasteiger charge is -2.25. The number of aromatic nitrogens is 2. The summed E-state index contributed by atoms with van der Waals surface area (Å²) in [6, 6.07) is 8.77. The molecule has 2 aromatic rings. The molecule has 25 heavy (non-hydrogen) atoms. The van der Waals surface area contributed by atoms with E-state index in [0.29, 0.717) is 24.6 Å². The fourth-order valence-electron chi connectivity index (χ4n) is 2.63. The number of hydrogen-bond donors (Lipinski definition) is 1. The van der Waals surface area contributed by atoms with Gasteiger partial charge in [-0.25, -0.2) is 13.4 Å². The van der Waals surface area contributed by atoms with Crippen LogP contribution in [0.15, 0.2) is 52.7 Å². The van der Waals surface area contributed by atoms with Gasteiger partial charge in [0.1, 0.15) is 10.7 Å². The Bertz CT molecular complexity index is 829. The van der Waals surface area contributed by atoms with Gasteiger partial charge in [-0.05, 0) is 44.0 Å². The van der Waals surface area contributed by atoms with Gasteiger partial charge in [0.15, 0.2) is 0 Å². The Hall–Kier alpha value is -2.32. The zero-order valence-corrected chi connectivity index (χ0v) is 14.9. The Balaban J connectivity index is 1.70. The molecule has 1 aliphatic rings. The lowest BCUT2D eigenvalue weighted by Crippen LogP contribution is -2.35. The molecule has 1 aliphatic heterocycles. The van der Waals surface area contributed by atoms with Crippen molar-refractivity contribution in [1.29, 1.82) is 0 Å². The van der Waals surface area contributed by atoms with E-state index in [1.807, 2.05) is 25.1 Å². The van der Waals surface area contributed by atoms with E-state index in [2.05, 4.69) is 20.5 Å². The summed E-state index contributed by atoms with van der Waals surface area (Å²) in [5.41, 5.74) is 4.31. The van der Waals surface area contributed by atoms with E-state index in [1.165, 1.54) is 10.5 Å². The Morgan fingerprint density at radius 2 is 1.92 bits per heavy atom. The van der Waals surface area contributed by atoms with Crippen LogP contribution in [-0.2, 0) is 10.0 Å². The van der Waals surface area contributed by atoms with Crippen LogP contribution in [0.1, 0.15) is 31.9 Å². The van der Waals surface area contributed by atoms with Gasteiger partial charge in [0.05, 0.1) is 11.4 Å². The van der Waals surface area contributed by atoms with Crippen LogP contribution in [0.5, 0.6) is 0 Å². The molecule has 0 spiro atoms. The lowest BCUT2D eigenvalue weighted by atomic mass is 10.2. The molecule has 2 aromatic heterocycles. The normalized spacial score (nSPS) is 16.6. The molecule has 8 heteroatoms. The molecular formula is C17H21N5O2S. The van der Waals surface area contributed by atoms with Crippen molar-refractivity contribution in [2.24, 2.45) is 5.10 Å². The van der Waals surface area contributed by atoms with Gasteiger partial charge >= 0.3 is 0 Å². The highest BCUT2D eigenvalue weighted by Crippen LogP contribution is 2.20. The molecule has 1 fully saturated rings. The van der Waals surface area contributed by atoms with Crippen LogP contribution in [0, 0.1) is 0 Å². The number of piperidine rings is 1. The quantitative estimate of drug-likeness (QED) is 0.654. The Kier molecular flexibility index (Phi) is 5.40. The predicted molar refractivity (Wildman–Crippen MR) is 96.9 cm³/mol. The summed E-state index contributed by atoms with van der Waals surface area (Å²) in [4.78, 5) is 8.59. The van der Waals surface area contributed by atoms with Gasteiger partial charge in [-0.3, -0.25) is 10.4 Å². The van der Waals surface area contributed by atoms with E-state index in [0.717, 1.165) is 25.0 Å². The molecule has 0 amide bonds. The number of sulfonamides is 1. The van der Waals surface area contributed by atoms with Gasteiger partial charge in [0.25, 0.3) is 0 Å². The first-order valence-electron chi connectivity index (χ1n) is 8.25. The van der Waals surface area contributed by atoms with E-state index < -0.39 is 10.0 Å². The zero-order chi connectivity index (χ0) is 17.7. The van der Waals surface area contributed by atoms with Crippen molar-refractivity contribution in [3.8, 4) is 0 Å². The summed E-state index contributed by atoms with van der Waals surface area (Å²) in [6.45, 7) is 3.00. The van der Waals surface area contributed by atoms with Crippen LogP contribution in [0.2, 0.25) is 0 Å². The molecular weight excluding hydrogens is 338 g/mol. The third kappa shape index (κ3) is 4.21. The Morgan fingerprint density at radius 1 is 1.12 bits per heavy atom. The number of hydrogen-bond acceptors (Lipinski definition) is 6. The maximum atomic E-state index is 12.6. The van der Waals surface area contributed by atoms with Crippen molar-refractivity contribution < 1.29 is 8.42 Å². The molecule has 0 bridgehead atoms. The first-order valence-corrected chi connectivity index (χ1v) is 9.69. The standard InChI is InChI=1S/C17H21N5O2S/c1-14(16-7-3-4-10-18-16)20-21-17-9-8-15(13-19-17)25(23,24)22-11-5-2-6-12-22/h3-4,7-10,13H,2,5-6,11-12H2,1H3,(H,19,21)/b20-14-. The number of nitrogens with zero attached hydrogens (tertiary/aromatic N) is 4. The number of rotatable bonds is 5. The highest BCUT2D eigenvalue weighted by Gasteiger charge is 2.26. The summed E-state index contributed by atoms with van der Waals surface area (Å²) < 4.78 is 26.7. The van der Waals surface area contributed by atoms with Gasteiger partial charge in [-0.1, -0.05) is 12.5 Å². The molecule has 3 heterocycles. The fraction of sp³-hybridized carbons (Fsp3) is 0.353. The van der Waals surface area contributed by atoms with Crippen LogP contribution < -0.4 is 5.43 Å². The lowest BCUT2D eigenvalue weighted by molar-refractivity contribution is 0.346. The maximum absolute atomic E-state index is 12.6. The number of hydrazone groups is 1. The smallest absolute Gasteiger partial charge is 0.244 e. The van der Waals surface area contributed by atoms with Crippen molar-refractivity contribution >= 4 is 21.6 Å². The Morgan fingerprint density at radius 3 is 2.56 bits per heavy atom. The predicted octanol–water partition coefficient (Wildman–Crippen LogP) is 2.49. The van der Waals surface area contributed by atoms with Gasteiger partial charge < -0.3 is 0 Å². The van der Waals surface area contributed by atoms with Crippen molar-refractivity contribution in [2.75, 3.05) is 18.5 Å². The second-order valence-corrected chi connectivity index (χ2v) is 7.81. The molecule has 0 aliphatic carbocycles. The average molecular weight is 359 g/mol. The molecule has 0 saturated carbocycles. The van der Waals surface area contributed by atoms with Crippen molar-refractivity contribution in [1.82, 2.24) is 14.3 Å². The second-order valence-electron chi connectivity index (χ2n) is 5.87. The van der Waals surface area contributed by atoms with Crippen molar-refractivity contribution in [3.05, 3.63) is 48.4 Å². The van der Waals surface area contributed by atoms with Gasteiger partial charge in [-0.15, -0.1) is 0 Å². The number of pyridine rings is 2. The first kappa shape index (κ1) is 17.5. The summed E-state index contributed by atoms with van der Waals surface area (Å²) in [7, 11) is -3.46. The first-order chi connectivity index (χ1) is 12.1. The topological polar surface area (TPSA) is 87.5 Å². The van der Waals surface area contributed by atoms with Gasteiger partial charge in [0.2, 0.25) is 10.0 Å². The highest BCUT2D eigenvalue weighted by atomic mass is 32.2. The SMILES string of the molecule is C/C(=N/Nc1ccc(S(=O)(=O)N2CCCCC2)cn1)c1ccccn1. The van der Waals surface area contributed by atoms with Crippen LogP contribution in [0.4, 0.5) is 5.82 Å². The summed E-state index contributed by atoms with van der Waals surface area (Å²) >= 11 is 0. The number of anilines is 1. The Labute approximate surface area is 147 Å². The summed E-state index contributed by atoms with van der Waals surface area (Å²) in [6.07, 6.45) is 5.98. The molecule has 0 unspecified atom stereocenters. The van der Waals surface area contributed by atoms with E-state index in [-0.39, 0.29) is 4.90 Å². The molecule has 0 radical (unpaired) electrons. The van der Waals surface area contributed by atoms with E-state index in [9.17, 15) is 8.42 Å². The van der Waals surface area contributed by atoms with E-state index >= 15 is 0 Å². The van der Waals surface area contributed by atoms with Crippen LogP contribution in [0.25, 0.3) is 0 Å². The third-order valence-electron chi connectivity index (χ3n) is 4.06. The van der Waals surface area contributed by atoms with Gasteiger partial charge in [-0.2, -0.15) is 9.41 Å². The monoisotopic (exact) mass is 359 g/mol. The molecule has 3 rings (SSSR count).